The molecule has 0 bridgehead atoms. The van der Waals surface area contributed by atoms with Crippen molar-refractivity contribution in [1.29, 1.82) is 0 Å². The predicted molar refractivity (Wildman–Crippen MR) is 51.1 cm³/mol. The maximum atomic E-state index is 5.31. The Morgan fingerprint density at radius 3 is 2.50 bits per heavy atom. The van der Waals surface area contributed by atoms with Crippen LogP contribution in [0.4, 0.5) is 0 Å². The largest absolute Gasteiger partial charge is 0.329 e. The lowest BCUT2D eigenvalue weighted by molar-refractivity contribution is 0.675. The fourth-order valence-electron chi connectivity index (χ4n) is 1.06. The minimum Gasteiger partial charge on any atom is -0.329 e. The summed E-state index contributed by atoms with van der Waals surface area (Å²) in [5.41, 5.74) is 6.66. The van der Waals surface area contributed by atoms with Crippen molar-refractivity contribution in [2.75, 3.05) is 19.6 Å². The quantitative estimate of drug-likeness (QED) is 0.641. The normalized spacial score (nSPS) is 10.1. The van der Waals surface area contributed by atoms with Gasteiger partial charge in [-0.15, -0.1) is 0 Å². The van der Waals surface area contributed by atoms with Gasteiger partial charge >= 0.3 is 0 Å². The molecule has 2 N–H and O–H groups in total. The Labute approximate surface area is 73.8 Å². The third-order valence-corrected chi connectivity index (χ3v) is 1.69. The van der Waals surface area contributed by atoms with Crippen LogP contribution in [0.2, 0.25) is 0 Å². The van der Waals surface area contributed by atoms with Crippen molar-refractivity contribution in [3.63, 3.8) is 0 Å². The molecule has 2 heteroatoms. The summed E-state index contributed by atoms with van der Waals surface area (Å²) in [5.74, 6) is 0. The Kier molecular flexibility index (Phi) is 4.42. The second kappa shape index (κ2) is 5.75. The second-order valence-corrected chi connectivity index (χ2v) is 2.70. The van der Waals surface area contributed by atoms with Gasteiger partial charge < -0.3 is 5.73 Å². The molecule has 12 heavy (non-hydrogen) atoms. The van der Waals surface area contributed by atoms with Gasteiger partial charge in [0.05, 0.1) is 0 Å². The molecule has 1 rings (SSSR count). The molecular formula is C10H15N2. The Bertz CT molecular complexity index is 196. The topological polar surface area (TPSA) is 40.1 Å². The molecule has 2 nitrogen and oxygen atoms in total. The summed E-state index contributed by atoms with van der Waals surface area (Å²) < 4.78 is 0. The van der Waals surface area contributed by atoms with Crippen LogP contribution >= 0.6 is 0 Å². The van der Waals surface area contributed by atoms with Crippen molar-refractivity contribution in [2.24, 2.45) is 5.73 Å². The summed E-state index contributed by atoms with van der Waals surface area (Å²) in [6.07, 6.45) is 1.03. The molecule has 1 aromatic rings. The Hall–Kier alpha value is -0.860. The van der Waals surface area contributed by atoms with Crippen LogP contribution in [-0.4, -0.2) is 19.6 Å². The van der Waals surface area contributed by atoms with E-state index in [4.69, 9.17) is 5.73 Å². The Balaban J connectivity index is 2.16. The summed E-state index contributed by atoms with van der Waals surface area (Å²) in [7, 11) is 0. The van der Waals surface area contributed by atoms with Crippen LogP contribution in [0, 0.1) is 0 Å². The highest BCUT2D eigenvalue weighted by molar-refractivity contribution is 5.14. The summed E-state index contributed by atoms with van der Waals surface area (Å²) in [4.78, 5) is 0. The minimum absolute atomic E-state index is 0.661. The molecule has 1 aromatic carbocycles. The molecule has 0 unspecified atom stereocenters. The number of nitrogens with zero attached hydrogens (tertiary/aromatic N) is 1. The van der Waals surface area contributed by atoms with Crippen molar-refractivity contribution in [2.45, 2.75) is 6.42 Å². The highest BCUT2D eigenvalue weighted by atomic mass is 14.9. The Morgan fingerprint density at radius 1 is 1.08 bits per heavy atom. The first-order chi connectivity index (χ1) is 5.93. The summed E-state index contributed by atoms with van der Waals surface area (Å²) >= 11 is 0. The number of hydrogen-bond acceptors (Lipinski definition) is 1. The molecule has 65 valence electrons. The zero-order valence-corrected chi connectivity index (χ0v) is 7.24. The minimum atomic E-state index is 0.661. The van der Waals surface area contributed by atoms with Crippen LogP contribution in [0.15, 0.2) is 30.3 Å². The van der Waals surface area contributed by atoms with Gasteiger partial charge in [0.1, 0.15) is 0 Å². The van der Waals surface area contributed by atoms with E-state index in [1.54, 1.807) is 0 Å². The van der Waals surface area contributed by atoms with Crippen LogP contribution in [-0.2, 0) is 6.42 Å². The molecule has 0 aliphatic rings. The van der Waals surface area contributed by atoms with Crippen molar-refractivity contribution in [1.82, 2.24) is 5.32 Å². The molecule has 0 atom stereocenters. The van der Waals surface area contributed by atoms with Gasteiger partial charge in [-0.1, -0.05) is 30.3 Å². The fourth-order valence-corrected chi connectivity index (χ4v) is 1.06. The molecule has 1 radical (unpaired) electrons. The summed E-state index contributed by atoms with van der Waals surface area (Å²) in [6, 6.07) is 10.4. The predicted octanol–water partition coefficient (Wildman–Crippen LogP) is 0.792. The van der Waals surface area contributed by atoms with E-state index in [0.717, 1.165) is 19.5 Å². The molecule has 0 aromatic heterocycles. The van der Waals surface area contributed by atoms with E-state index in [-0.39, 0.29) is 0 Å². The highest BCUT2D eigenvalue weighted by Gasteiger charge is 1.90. The maximum absolute atomic E-state index is 5.31. The molecule has 0 spiro atoms. The van der Waals surface area contributed by atoms with Crippen molar-refractivity contribution in [3.05, 3.63) is 35.9 Å². The fraction of sp³-hybridized carbons (Fsp3) is 0.400. The Morgan fingerprint density at radius 2 is 1.83 bits per heavy atom. The molecular weight excluding hydrogens is 148 g/mol. The molecule has 0 aliphatic carbocycles. The second-order valence-electron chi connectivity index (χ2n) is 2.70. The standard InChI is InChI=1S/C10H15N2/c11-7-9-12-8-6-10-4-2-1-3-5-10/h1-5H,6-9,11H2. The summed E-state index contributed by atoms with van der Waals surface area (Å²) in [5, 5.41) is 4.26. The average molecular weight is 163 g/mol. The lowest BCUT2D eigenvalue weighted by Gasteiger charge is -2.00. The molecule has 0 aliphatic heterocycles. The van der Waals surface area contributed by atoms with Crippen molar-refractivity contribution < 1.29 is 0 Å². The highest BCUT2D eigenvalue weighted by Crippen LogP contribution is 1.97. The molecule has 0 fully saturated rings. The van der Waals surface area contributed by atoms with E-state index in [9.17, 15) is 0 Å². The SMILES string of the molecule is NCC[N]CCc1ccccc1. The van der Waals surface area contributed by atoms with E-state index < -0.39 is 0 Å². The molecule has 0 saturated heterocycles. The lowest BCUT2D eigenvalue weighted by Crippen LogP contribution is -2.18. The van der Waals surface area contributed by atoms with Crippen LogP contribution in [0.1, 0.15) is 5.56 Å². The van der Waals surface area contributed by atoms with Crippen LogP contribution < -0.4 is 11.1 Å². The number of benzene rings is 1. The van der Waals surface area contributed by atoms with E-state index in [1.165, 1.54) is 5.56 Å². The smallest absolute Gasteiger partial charge is 0.0256 e. The van der Waals surface area contributed by atoms with Crippen LogP contribution in [0.3, 0.4) is 0 Å². The third-order valence-electron chi connectivity index (χ3n) is 1.69. The van der Waals surface area contributed by atoms with Gasteiger partial charge in [0, 0.05) is 19.6 Å². The zero-order valence-electron chi connectivity index (χ0n) is 7.24. The van der Waals surface area contributed by atoms with Crippen molar-refractivity contribution in [3.8, 4) is 0 Å². The first kappa shape index (κ1) is 9.23. The van der Waals surface area contributed by atoms with Gasteiger partial charge in [-0.2, -0.15) is 0 Å². The van der Waals surface area contributed by atoms with E-state index >= 15 is 0 Å². The van der Waals surface area contributed by atoms with E-state index in [1.807, 2.05) is 6.07 Å². The van der Waals surface area contributed by atoms with Gasteiger partial charge in [-0.05, 0) is 12.0 Å². The third kappa shape index (κ3) is 3.51. The average Bonchev–Trinajstić information content (AvgIpc) is 2.14. The zero-order chi connectivity index (χ0) is 8.65. The van der Waals surface area contributed by atoms with E-state index in [2.05, 4.69) is 29.6 Å². The van der Waals surface area contributed by atoms with Gasteiger partial charge in [0.25, 0.3) is 0 Å². The first-order valence-electron chi connectivity index (χ1n) is 4.30. The van der Waals surface area contributed by atoms with Gasteiger partial charge in [0.15, 0.2) is 0 Å². The van der Waals surface area contributed by atoms with Crippen molar-refractivity contribution >= 4 is 0 Å². The maximum Gasteiger partial charge on any atom is 0.0256 e. The molecule has 0 heterocycles. The van der Waals surface area contributed by atoms with Gasteiger partial charge in [-0.25, -0.2) is 5.32 Å². The molecule has 0 amide bonds. The molecule has 0 saturated carbocycles. The van der Waals surface area contributed by atoms with Crippen LogP contribution in [0.5, 0.6) is 0 Å². The number of hydrogen-bond donors (Lipinski definition) is 1. The van der Waals surface area contributed by atoms with Gasteiger partial charge in [-0.3, -0.25) is 0 Å². The summed E-state index contributed by atoms with van der Waals surface area (Å²) in [6.45, 7) is 2.34. The number of nitrogens with two attached hydrogens (primary N) is 1. The number of rotatable bonds is 5. The first-order valence-corrected chi connectivity index (χ1v) is 4.30. The lowest BCUT2D eigenvalue weighted by atomic mass is 10.1. The van der Waals surface area contributed by atoms with E-state index in [0.29, 0.717) is 6.54 Å². The van der Waals surface area contributed by atoms with Gasteiger partial charge in [0.2, 0.25) is 0 Å². The van der Waals surface area contributed by atoms with Crippen LogP contribution in [0.25, 0.3) is 0 Å². The monoisotopic (exact) mass is 163 g/mol.